The maximum Gasteiger partial charge on any atom is 0.254 e. The topological polar surface area (TPSA) is 51.0 Å². The van der Waals surface area contributed by atoms with E-state index >= 15 is 0 Å². The van der Waals surface area contributed by atoms with Crippen molar-refractivity contribution >= 4 is 44.2 Å². The fourth-order valence-electron chi connectivity index (χ4n) is 3.16. The molecular formula is C21H19BrN4OS. The zero-order chi connectivity index (χ0) is 19.7. The van der Waals surface area contributed by atoms with E-state index in [2.05, 4.69) is 32.1 Å². The Hall–Kier alpha value is -2.51. The molecule has 0 spiro atoms. The number of hydrogen-bond acceptors (Lipinski definition) is 4. The van der Waals surface area contributed by atoms with Crippen LogP contribution in [-0.2, 0) is 13.1 Å². The minimum absolute atomic E-state index is 0.0332. The maximum atomic E-state index is 13.2. The third-order valence-corrected chi connectivity index (χ3v) is 5.92. The van der Waals surface area contributed by atoms with E-state index in [1.807, 2.05) is 60.4 Å². The molecule has 3 heterocycles. The van der Waals surface area contributed by atoms with Gasteiger partial charge in [0.2, 0.25) is 0 Å². The molecule has 142 valence electrons. The summed E-state index contributed by atoms with van der Waals surface area (Å²) >= 11 is 5.12. The van der Waals surface area contributed by atoms with E-state index in [0.29, 0.717) is 18.7 Å². The number of carbonyl (C=O) groups excluding carboxylic acids is 1. The molecule has 5 nitrogen and oxygen atoms in total. The van der Waals surface area contributed by atoms with E-state index in [1.165, 1.54) is 4.88 Å². The van der Waals surface area contributed by atoms with Crippen molar-refractivity contribution in [2.75, 3.05) is 7.05 Å². The average Bonchev–Trinajstić information content (AvgIpc) is 3.33. The number of halogens is 1. The van der Waals surface area contributed by atoms with Gasteiger partial charge < -0.3 is 4.90 Å². The van der Waals surface area contributed by atoms with Gasteiger partial charge in [-0.1, -0.05) is 34.1 Å². The lowest BCUT2D eigenvalue weighted by Crippen LogP contribution is -2.26. The minimum Gasteiger partial charge on any atom is -0.337 e. The Bertz CT molecular complexity index is 1120. The molecule has 4 aromatic rings. The normalized spacial score (nSPS) is 11.1. The van der Waals surface area contributed by atoms with E-state index in [-0.39, 0.29) is 5.91 Å². The van der Waals surface area contributed by atoms with Crippen molar-refractivity contribution in [1.29, 1.82) is 0 Å². The predicted molar refractivity (Wildman–Crippen MR) is 116 cm³/mol. The molecule has 3 aromatic heterocycles. The van der Waals surface area contributed by atoms with Crippen molar-refractivity contribution in [3.05, 3.63) is 80.2 Å². The molecule has 1 amide bonds. The number of carbonyl (C=O) groups is 1. The summed E-state index contributed by atoms with van der Waals surface area (Å²) in [6, 6.07) is 13.9. The monoisotopic (exact) mass is 454 g/mol. The van der Waals surface area contributed by atoms with Crippen LogP contribution in [0.5, 0.6) is 0 Å². The van der Waals surface area contributed by atoms with Crippen LogP contribution in [-0.4, -0.2) is 32.6 Å². The van der Waals surface area contributed by atoms with Crippen molar-refractivity contribution in [3.63, 3.8) is 0 Å². The number of aryl methyl sites for hydroxylation is 1. The quantitative estimate of drug-likeness (QED) is 0.431. The van der Waals surface area contributed by atoms with Gasteiger partial charge in [-0.3, -0.25) is 4.79 Å². The van der Waals surface area contributed by atoms with Gasteiger partial charge in [0.05, 0.1) is 23.7 Å². The Morgan fingerprint density at radius 1 is 1.25 bits per heavy atom. The lowest BCUT2D eigenvalue weighted by atomic mass is 10.1. The zero-order valence-corrected chi connectivity index (χ0v) is 18.0. The summed E-state index contributed by atoms with van der Waals surface area (Å²) in [6.07, 6.45) is 1.75. The number of aromatic nitrogens is 3. The van der Waals surface area contributed by atoms with Crippen LogP contribution in [0.4, 0.5) is 0 Å². The number of rotatable bonds is 5. The second-order valence-electron chi connectivity index (χ2n) is 6.72. The highest BCUT2D eigenvalue weighted by atomic mass is 79.9. The summed E-state index contributed by atoms with van der Waals surface area (Å²) in [7, 11) is 1.82. The van der Waals surface area contributed by atoms with Crippen molar-refractivity contribution in [2.24, 2.45) is 0 Å². The van der Waals surface area contributed by atoms with Crippen molar-refractivity contribution in [1.82, 2.24) is 19.7 Å². The molecular weight excluding hydrogens is 436 g/mol. The first-order chi connectivity index (χ1) is 13.5. The molecule has 7 heteroatoms. The molecule has 0 saturated heterocycles. The van der Waals surface area contributed by atoms with Gasteiger partial charge in [-0.2, -0.15) is 5.10 Å². The molecule has 0 unspecified atom stereocenters. The second kappa shape index (κ2) is 7.85. The number of pyridine rings is 1. The SMILES string of the molecule is Cc1cc(C(=O)N(C)Cc2ccc(Br)cc2)c2cnn(Cc3cccs3)c2n1. The summed E-state index contributed by atoms with van der Waals surface area (Å²) in [5.74, 6) is -0.0332. The molecule has 0 N–H and O–H groups in total. The lowest BCUT2D eigenvalue weighted by molar-refractivity contribution is 0.0787. The molecule has 4 rings (SSSR count). The first-order valence-electron chi connectivity index (χ1n) is 8.87. The molecule has 0 radical (unpaired) electrons. The van der Waals surface area contributed by atoms with Crippen LogP contribution in [0.1, 0.15) is 26.5 Å². The molecule has 1 aromatic carbocycles. The maximum absolute atomic E-state index is 13.2. The molecule has 0 bridgehead atoms. The van der Waals surface area contributed by atoms with Gasteiger partial charge in [0, 0.05) is 28.6 Å². The molecule has 0 fully saturated rings. The van der Waals surface area contributed by atoms with E-state index in [0.717, 1.165) is 26.8 Å². The van der Waals surface area contributed by atoms with E-state index in [4.69, 9.17) is 0 Å². The van der Waals surface area contributed by atoms with Gasteiger partial charge in [-0.05, 0) is 42.1 Å². The van der Waals surface area contributed by atoms with Crippen molar-refractivity contribution in [2.45, 2.75) is 20.0 Å². The van der Waals surface area contributed by atoms with Crippen molar-refractivity contribution < 1.29 is 4.79 Å². The summed E-state index contributed by atoms with van der Waals surface area (Å²) in [5.41, 5.74) is 3.27. The number of benzene rings is 1. The first kappa shape index (κ1) is 18.8. The van der Waals surface area contributed by atoms with Crippen LogP contribution in [0.2, 0.25) is 0 Å². The van der Waals surface area contributed by atoms with Gasteiger partial charge in [-0.15, -0.1) is 11.3 Å². The van der Waals surface area contributed by atoms with E-state index < -0.39 is 0 Å². The van der Waals surface area contributed by atoms with Crippen LogP contribution in [0.25, 0.3) is 11.0 Å². The Kier molecular flexibility index (Phi) is 5.28. The smallest absolute Gasteiger partial charge is 0.254 e. The van der Waals surface area contributed by atoms with Crippen LogP contribution in [0, 0.1) is 6.92 Å². The molecule has 0 atom stereocenters. The molecule has 0 aliphatic carbocycles. The lowest BCUT2D eigenvalue weighted by Gasteiger charge is -2.18. The number of amides is 1. The fraction of sp³-hybridized carbons (Fsp3) is 0.190. The molecule has 0 saturated carbocycles. The Morgan fingerprint density at radius 2 is 2.04 bits per heavy atom. The fourth-order valence-corrected chi connectivity index (χ4v) is 4.11. The third-order valence-electron chi connectivity index (χ3n) is 4.53. The van der Waals surface area contributed by atoms with Gasteiger partial charge in [0.1, 0.15) is 0 Å². The van der Waals surface area contributed by atoms with Gasteiger partial charge >= 0.3 is 0 Å². The summed E-state index contributed by atoms with van der Waals surface area (Å²) in [4.78, 5) is 20.7. The van der Waals surface area contributed by atoms with E-state index in [1.54, 1.807) is 22.4 Å². The third kappa shape index (κ3) is 3.86. The number of hydrogen-bond donors (Lipinski definition) is 0. The van der Waals surface area contributed by atoms with Gasteiger partial charge in [0.15, 0.2) is 5.65 Å². The average molecular weight is 455 g/mol. The summed E-state index contributed by atoms with van der Waals surface area (Å²) < 4.78 is 2.88. The second-order valence-corrected chi connectivity index (χ2v) is 8.67. The summed E-state index contributed by atoms with van der Waals surface area (Å²) in [6.45, 7) is 3.10. The Balaban J connectivity index is 1.64. The molecule has 28 heavy (non-hydrogen) atoms. The van der Waals surface area contributed by atoms with Crippen LogP contribution in [0.3, 0.4) is 0 Å². The highest BCUT2D eigenvalue weighted by Gasteiger charge is 2.19. The number of nitrogens with zero attached hydrogens (tertiary/aromatic N) is 4. The van der Waals surface area contributed by atoms with Crippen LogP contribution < -0.4 is 0 Å². The van der Waals surface area contributed by atoms with Crippen LogP contribution in [0.15, 0.2) is 58.5 Å². The molecule has 0 aliphatic heterocycles. The van der Waals surface area contributed by atoms with Crippen molar-refractivity contribution in [3.8, 4) is 0 Å². The van der Waals surface area contributed by atoms with Gasteiger partial charge in [-0.25, -0.2) is 9.67 Å². The van der Waals surface area contributed by atoms with Crippen LogP contribution >= 0.6 is 27.3 Å². The molecule has 0 aliphatic rings. The highest BCUT2D eigenvalue weighted by Crippen LogP contribution is 2.22. The minimum atomic E-state index is -0.0332. The largest absolute Gasteiger partial charge is 0.337 e. The number of thiophene rings is 1. The van der Waals surface area contributed by atoms with E-state index in [9.17, 15) is 4.79 Å². The highest BCUT2D eigenvalue weighted by molar-refractivity contribution is 9.10. The standard InChI is InChI=1S/C21H19BrN4OS/c1-14-10-18(21(27)25(2)12-15-5-7-16(22)8-6-15)19-11-23-26(20(19)24-14)13-17-4-3-9-28-17/h3-11H,12-13H2,1-2H3. The predicted octanol–water partition coefficient (Wildman–Crippen LogP) is 4.88. The number of fused-ring (bicyclic) bond motifs is 1. The van der Waals surface area contributed by atoms with Gasteiger partial charge in [0.25, 0.3) is 5.91 Å². The Labute approximate surface area is 175 Å². The first-order valence-corrected chi connectivity index (χ1v) is 10.5. The summed E-state index contributed by atoms with van der Waals surface area (Å²) in [5, 5.41) is 7.33. The Morgan fingerprint density at radius 3 is 2.75 bits per heavy atom. The zero-order valence-electron chi connectivity index (χ0n) is 15.6.